The maximum atomic E-state index is 10.7. The molecule has 0 aromatic carbocycles. The van der Waals surface area contributed by atoms with Gasteiger partial charge in [0.25, 0.3) is 0 Å². The summed E-state index contributed by atoms with van der Waals surface area (Å²) in [5, 5.41) is 0. The van der Waals surface area contributed by atoms with Gasteiger partial charge >= 0.3 is 0 Å². The third-order valence-corrected chi connectivity index (χ3v) is 2.82. The van der Waals surface area contributed by atoms with E-state index in [1.165, 1.54) is 12.0 Å². The Morgan fingerprint density at radius 2 is 1.90 bits per heavy atom. The van der Waals surface area contributed by atoms with Gasteiger partial charge in [-0.15, -0.1) is 0 Å². The maximum Gasteiger partial charge on any atom is 0.151 e. The Kier molecular flexibility index (Phi) is 1.59. The zero-order valence-electron chi connectivity index (χ0n) is 6.59. The summed E-state index contributed by atoms with van der Waals surface area (Å²) in [5.74, 6) is 1.76. The van der Waals surface area contributed by atoms with Crippen molar-refractivity contribution >= 4 is 9.84 Å². The number of hydrogen-bond acceptors (Lipinski definition) is 2. The van der Waals surface area contributed by atoms with Gasteiger partial charge in [0, 0.05) is 6.26 Å². The maximum absolute atomic E-state index is 10.7. The summed E-state index contributed by atoms with van der Waals surface area (Å²) >= 11 is 0. The molecule has 1 unspecified atom stereocenters. The van der Waals surface area contributed by atoms with Crippen LogP contribution in [0, 0.1) is 17.1 Å². The van der Waals surface area contributed by atoms with Crippen molar-refractivity contribution in [1.82, 2.24) is 0 Å². The lowest BCUT2D eigenvalue weighted by Crippen LogP contribution is -2.01. The zero-order valence-corrected chi connectivity index (χ0v) is 7.40. The molecule has 0 amide bonds. The molecule has 1 saturated carbocycles. The first kappa shape index (κ1) is 8.05. The molecule has 0 aromatic rings. The molecule has 1 atom stereocenters. The van der Waals surface area contributed by atoms with Gasteiger partial charge < -0.3 is 0 Å². The number of rotatable bonds is 2. The van der Waals surface area contributed by atoms with Crippen LogP contribution in [0.3, 0.4) is 0 Å². The number of sulfone groups is 1. The molecule has 1 fully saturated rings. The second kappa shape index (κ2) is 1.97. The predicted octanol–water partition coefficient (Wildman–Crippen LogP) is 1.24. The smallest absolute Gasteiger partial charge is 0.151 e. The first-order valence-corrected chi connectivity index (χ1v) is 5.32. The highest BCUT2D eigenvalue weighted by atomic mass is 32.2. The molecule has 1 radical (unpaired) electrons. The average Bonchev–Trinajstić information content (AvgIpc) is 2.05. The van der Waals surface area contributed by atoms with E-state index in [9.17, 15) is 8.42 Å². The van der Waals surface area contributed by atoms with Crippen LogP contribution >= 0.6 is 0 Å². The summed E-state index contributed by atoms with van der Waals surface area (Å²) in [6.07, 6.45) is 2.27. The van der Waals surface area contributed by atoms with E-state index in [0.717, 1.165) is 6.42 Å². The van der Waals surface area contributed by atoms with Gasteiger partial charge in [-0.05, 0) is 17.8 Å². The van der Waals surface area contributed by atoms with Gasteiger partial charge in [-0.3, -0.25) is 0 Å². The molecule has 0 bridgehead atoms. The SMILES string of the molecule is CC1(C)CC1[CH]S(C)(=O)=O. The molecule has 1 aliphatic carbocycles. The van der Waals surface area contributed by atoms with Crippen molar-refractivity contribution in [2.75, 3.05) is 6.26 Å². The van der Waals surface area contributed by atoms with Crippen LogP contribution in [0.25, 0.3) is 0 Å². The Hall–Kier alpha value is -0.0500. The second-order valence-electron chi connectivity index (χ2n) is 3.76. The summed E-state index contributed by atoms with van der Waals surface area (Å²) in [6.45, 7) is 4.17. The fourth-order valence-corrected chi connectivity index (χ4v) is 2.10. The second-order valence-corrected chi connectivity index (χ2v) is 5.70. The van der Waals surface area contributed by atoms with Crippen LogP contribution in [0.2, 0.25) is 0 Å². The Balaban J connectivity index is 2.46. The minimum Gasteiger partial charge on any atom is -0.229 e. The van der Waals surface area contributed by atoms with Crippen LogP contribution in [-0.2, 0) is 9.84 Å². The summed E-state index contributed by atoms with van der Waals surface area (Å²) in [6, 6.07) is 0. The summed E-state index contributed by atoms with van der Waals surface area (Å²) in [7, 11) is -2.86. The van der Waals surface area contributed by atoms with Gasteiger partial charge in [0.05, 0.1) is 5.75 Å². The lowest BCUT2D eigenvalue weighted by molar-refractivity contribution is 0.582. The molecule has 0 N–H and O–H groups in total. The van der Waals surface area contributed by atoms with Gasteiger partial charge in [0.1, 0.15) is 0 Å². The monoisotopic (exact) mass is 161 g/mol. The van der Waals surface area contributed by atoms with E-state index in [1.807, 2.05) is 0 Å². The Morgan fingerprint density at radius 3 is 2.00 bits per heavy atom. The average molecular weight is 161 g/mol. The van der Waals surface area contributed by atoms with Gasteiger partial charge in [-0.1, -0.05) is 13.8 Å². The normalized spacial score (nSPS) is 30.1. The lowest BCUT2D eigenvalue weighted by Gasteiger charge is -1.99. The zero-order chi connectivity index (χ0) is 7.99. The molecular weight excluding hydrogens is 148 g/mol. The fourth-order valence-electron chi connectivity index (χ4n) is 1.04. The quantitative estimate of drug-likeness (QED) is 0.610. The van der Waals surface area contributed by atoms with Crippen molar-refractivity contribution in [1.29, 1.82) is 0 Å². The minimum atomic E-state index is -2.86. The predicted molar refractivity (Wildman–Crippen MR) is 41.0 cm³/mol. The molecular formula is C7H13O2S. The van der Waals surface area contributed by atoms with E-state index in [2.05, 4.69) is 13.8 Å². The van der Waals surface area contributed by atoms with Crippen LogP contribution in [0.15, 0.2) is 0 Å². The summed E-state index contributed by atoms with van der Waals surface area (Å²) in [4.78, 5) is 0. The van der Waals surface area contributed by atoms with E-state index < -0.39 is 9.84 Å². The molecule has 3 heteroatoms. The fraction of sp³-hybridized carbons (Fsp3) is 0.857. The Bertz CT molecular complexity index is 226. The van der Waals surface area contributed by atoms with Crippen LogP contribution in [-0.4, -0.2) is 14.7 Å². The van der Waals surface area contributed by atoms with Crippen molar-refractivity contribution in [3.63, 3.8) is 0 Å². The molecule has 1 aliphatic rings. The lowest BCUT2D eigenvalue weighted by atomic mass is 10.1. The van der Waals surface area contributed by atoms with Crippen molar-refractivity contribution in [2.45, 2.75) is 20.3 Å². The minimum absolute atomic E-state index is 0.239. The Morgan fingerprint density at radius 1 is 1.50 bits per heavy atom. The molecule has 10 heavy (non-hydrogen) atoms. The Labute approximate surface area is 62.5 Å². The van der Waals surface area contributed by atoms with Gasteiger partial charge in [-0.2, -0.15) is 0 Å². The largest absolute Gasteiger partial charge is 0.229 e. The molecule has 1 rings (SSSR count). The van der Waals surface area contributed by atoms with Crippen molar-refractivity contribution in [3.05, 3.63) is 5.75 Å². The highest BCUT2D eigenvalue weighted by Crippen LogP contribution is 2.53. The van der Waals surface area contributed by atoms with Crippen molar-refractivity contribution in [2.24, 2.45) is 11.3 Å². The molecule has 0 aliphatic heterocycles. The molecule has 2 nitrogen and oxygen atoms in total. The topological polar surface area (TPSA) is 34.1 Å². The van der Waals surface area contributed by atoms with E-state index in [1.54, 1.807) is 0 Å². The first-order chi connectivity index (χ1) is 4.31. The van der Waals surface area contributed by atoms with E-state index in [4.69, 9.17) is 0 Å². The molecule has 0 aromatic heterocycles. The molecule has 0 spiro atoms. The van der Waals surface area contributed by atoms with Gasteiger partial charge in [-0.25, -0.2) is 8.42 Å². The standard InChI is InChI=1S/C7H13O2S/c1-7(2)4-6(7)5-10(3,8)9/h5-6H,4H2,1-3H3. The third-order valence-electron chi connectivity index (χ3n) is 2.00. The third kappa shape index (κ3) is 1.97. The summed E-state index contributed by atoms with van der Waals surface area (Å²) in [5.41, 5.74) is 0.239. The van der Waals surface area contributed by atoms with Crippen molar-refractivity contribution < 1.29 is 8.42 Å². The van der Waals surface area contributed by atoms with Crippen LogP contribution in [0.4, 0.5) is 0 Å². The molecule has 0 heterocycles. The first-order valence-electron chi connectivity index (χ1n) is 3.36. The van der Waals surface area contributed by atoms with Crippen LogP contribution < -0.4 is 0 Å². The van der Waals surface area contributed by atoms with Crippen molar-refractivity contribution in [3.8, 4) is 0 Å². The number of hydrogen-bond donors (Lipinski definition) is 0. The highest BCUT2D eigenvalue weighted by Gasteiger charge is 2.47. The molecule has 59 valence electrons. The van der Waals surface area contributed by atoms with E-state index in [0.29, 0.717) is 5.92 Å². The summed E-state index contributed by atoms with van der Waals surface area (Å²) < 4.78 is 21.4. The molecule has 0 saturated heterocycles. The van der Waals surface area contributed by atoms with Gasteiger partial charge in [0.15, 0.2) is 9.84 Å². The van der Waals surface area contributed by atoms with E-state index >= 15 is 0 Å². The highest BCUT2D eigenvalue weighted by molar-refractivity contribution is 7.92. The van der Waals surface area contributed by atoms with E-state index in [-0.39, 0.29) is 5.41 Å². The van der Waals surface area contributed by atoms with Gasteiger partial charge in [0.2, 0.25) is 0 Å². The van der Waals surface area contributed by atoms with Crippen LogP contribution in [0.1, 0.15) is 20.3 Å². The van der Waals surface area contributed by atoms with Crippen LogP contribution in [0.5, 0.6) is 0 Å².